The van der Waals surface area contributed by atoms with Crippen LogP contribution in [0, 0.1) is 5.92 Å². The number of amides is 1. The van der Waals surface area contributed by atoms with Crippen molar-refractivity contribution < 1.29 is 9.53 Å². The van der Waals surface area contributed by atoms with Gasteiger partial charge in [-0.15, -0.1) is 0 Å². The van der Waals surface area contributed by atoms with E-state index in [4.69, 9.17) is 4.74 Å². The fraction of sp³-hybridized carbons (Fsp3) is 0.545. The van der Waals surface area contributed by atoms with Crippen molar-refractivity contribution in [1.29, 1.82) is 0 Å². The molecule has 0 bridgehead atoms. The van der Waals surface area contributed by atoms with Gasteiger partial charge in [0.25, 0.3) is 5.91 Å². The first kappa shape index (κ1) is 31.4. The lowest BCUT2D eigenvalue weighted by atomic mass is 9.89. The number of methoxy groups -OCH3 is 1. The normalized spacial score (nSPS) is 13.9. The highest BCUT2D eigenvalue weighted by Crippen LogP contribution is 2.34. The van der Waals surface area contributed by atoms with Gasteiger partial charge in [-0.05, 0) is 74.3 Å². The lowest BCUT2D eigenvalue weighted by Crippen LogP contribution is -2.34. The summed E-state index contributed by atoms with van der Waals surface area (Å²) in [5, 5.41) is 3.85. The molecule has 1 fully saturated rings. The number of aryl methyl sites for hydroxylation is 2. The van der Waals surface area contributed by atoms with Crippen molar-refractivity contribution in [3.63, 3.8) is 0 Å². The van der Waals surface area contributed by atoms with Gasteiger partial charge in [-0.25, -0.2) is 0 Å². The van der Waals surface area contributed by atoms with Gasteiger partial charge >= 0.3 is 0 Å². The minimum absolute atomic E-state index is 0.0135. The van der Waals surface area contributed by atoms with Crippen molar-refractivity contribution in [2.45, 2.75) is 79.7 Å². The van der Waals surface area contributed by atoms with E-state index in [2.05, 4.69) is 78.9 Å². The molecule has 1 aromatic heterocycles. The quantitative estimate of drug-likeness (QED) is 0.333. The van der Waals surface area contributed by atoms with E-state index >= 15 is 0 Å². The van der Waals surface area contributed by atoms with Crippen LogP contribution >= 0.6 is 0 Å². The van der Waals surface area contributed by atoms with Crippen molar-refractivity contribution >= 4 is 16.8 Å². The number of nitrogens with one attached hydrogen (secondary N) is 1. The van der Waals surface area contributed by atoms with Crippen LogP contribution in [0.2, 0.25) is 0 Å². The van der Waals surface area contributed by atoms with Gasteiger partial charge in [-0.3, -0.25) is 4.79 Å². The Hall–Kier alpha value is -2.79. The number of likely N-dealkylation sites (tertiary alicyclic amines) is 1. The first-order valence-electron chi connectivity index (χ1n) is 14.6. The van der Waals surface area contributed by atoms with Gasteiger partial charge in [0.05, 0.1) is 18.2 Å². The van der Waals surface area contributed by atoms with Gasteiger partial charge in [0.2, 0.25) is 0 Å². The smallest absolute Gasteiger partial charge is 0.253 e. The van der Waals surface area contributed by atoms with Crippen LogP contribution in [0.5, 0.6) is 5.75 Å². The van der Waals surface area contributed by atoms with Crippen LogP contribution in [0.1, 0.15) is 88.2 Å². The molecule has 1 aliphatic rings. The molecule has 0 aliphatic carbocycles. The molecular formula is C33H51N3O2. The zero-order valence-corrected chi connectivity index (χ0v) is 25.1. The van der Waals surface area contributed by atoms with Gasteiger partial charge in [0, 0.05) is 25.2 Å². The topological polar surface area (TPSA) is 46.5 Å². The van der Waals surface area contributed by atoms with Crippen molar-refractivity contribution in [3.05, 3.63) is 65.4 Å². The number of carbonyl (C=O) groups excluding carboxylic acids is 1. The Morgan fingerprint density at radius 1 is 1.03 bits per heavy atom. The predicted octanol–water partition coefficient (Wildman–Crippen LogP) is 7.53. The molecule has 0 unspecified atom stereocenters. The molecule has 2 aromatic carbocycles. The Kier molecular flexibility index (Phi) is 13.4. The van der Waals surface area contributed by atoms with Crippen LogP contribution in [-0.4, -0.2) is 49.2 Å². The van der Waals surface area contributed by atoms with Crippen LogP contribution in [0.15, 0.2) is 48.7 Å². The fourth-order valence-corrected chi connectivity index (χ4v) is 5.15. The minimum atomic E-state index is -0.0135. The fourth-order valence-electron chi connectivity index (χ4n) is 5.15. The van der Waals surface area contributed by atoms with Gasteiger partial charge in [-0.2, -0.15) is 0 Å². The van der Waals surface area contributed by atoms with Crippen molar-refractivity contribution in [1.82, 2.24) is 14.8 Å². The zero-order valence-electron chi connectivity index (χ0n) is 25.1. The molecule has 1 N–H and O–H groups in total. The number of aromatic nitrogens is 1. The monoisotopic (exact) mass is 521 g/mol. The second kappa shape index (κ2) is 16.2. The standard InChI is InChI=1S/C27H35N3O2.C4H10.C2H6/c1-4-20-9-7-11-23-24(27(31)28-2)19-30(26(20)23)16-8-15-29-17-13-21(14-18-29)22-10-5-6-12-25(22)32-3;1-4(2)3;1-2/h5-7,9-12,19,21H,4,8,13-18H2,1-3H3,(H,28,31);4H,1-3H3;1-2H3. The molecule has 4 rings (SSSR count). The third-order valence-electron chi connectivity index (χ3n) is 6.87. The van der Waals surface area contributed by atoms with Crippen molar-refractivity contribution in [2.75, 3.05) is 33.8 Å². The molecule has 5 nitrogen and oxygen atoms in total. The number of carbonyl (C=O) groups is 1. The summed E-state index contributed by atoms with van der Waals surface area (Å²) in [6.07, 6.45) is 6.43. The molecule has 1 aliphatic heterocycles. The van der Waals surface area contributed by atoms with Crippen LogP contribution in [0.3, 0.4) is 0 Å². The second-order valence-corrected chi connectivity index (χ2v) is 10.4. The minimum Gasteiger partial charge on any atom is -0.496 e. The van der Waals surface area contributed by atoms with Crippen LogP contribution in [0.4, 0.5) is 0 Å². The summed E-state index contributed by atoms with van der Waals surface area (Å²) in [5.74, 6) is 2.42. The van der Waals surface area contributed by atoms with Crippen molar-refractivity contribution in [3.8, 4) is 5.75 Å². The van der Waals surface area contributed by atoms with Crippen LogP contribution < -0.4 is 10.1 Å². The van der Waals surface area contributed by atoms with E-state index in [1.807, 2.05) is 26.1 Å². The summed E-state index contributed by atoms with van der Waals surface area (Å²) in [6, 6.07) is 14.7. The number of hydrogen-bond acceptors (Lipinski definition) is 3. The average Bonchev–Trinajstić information content (AvgIpc) is 3.32. The summed E-state index contributed by atoms with van der Waals surface area (Å²) in [4.78, 5) is 15.0. The summed E-state index contributed by atoms with van der Waals surface area (Å²) in [7, 11) is 3.46. The highest BCUT2D eigenvalue weighted by molar-refractivity contribution is 6.07. The largest absolute Gasteiger partial charge is 0.496 e. The molecule has 210 valence electrons. The van der Waals surface area contributed by atoms with Crippen molar-refractivity contribution in [2.24, 2.45) is 5.92 Å². The number of hydrogen-bond donors (Lipinski definition) is 1. The van der Waals surface area contributed by atoms with E-state index in [-0.39, 0.29) is 5.91 Å². The molecule has 0 saturated carbocycles. The molecule has 1 amide bonds. The first-order valence-corrected chi connectivity index (χ1v) is 14.6. The van der Waals surface area contributed by atoms with Gasteiger partial charge in [-0.1, -0.05) is 77.9 Å². The number of ether oxygens (including phenoxy) is 1. The van der Waals surface area contributed by atoms with Crippen LogP contribution in [-0.2, 0) is 13.0 Å². The molecule has 0 radical (unpaired) electrons. The van der Waals surface area contributed by atoms with E-state index < -0.39 is 0 Å². The number of nitrogens with zero attached hydrogens (tertiary/aromatic N) is 2. The zero-order chi connectivity index (χ0) is 28.1. The van der Waals surface area contributed by atoms with Crippen LogP contribution in [0.25, 0.3) is 10.9 Å². The Labute approximate surface area is 231 Å². The lowest BCUT2D eigenvalue weighted by molar-refractivity contribution is 0.0964. The molecule has 1 saturated heterocycles. The highest BCUT2D eigenvalue weighted by atomic mass is 16.5. The number of rotatable bonds is 8. The Morgan fingerprint density at radius 3 is 2.29 bits per heavy atom. The molecule has 0 spiro atoms. The Morgan fingerprint density at radius 2 is 1.68 bits per heavy atom. The second-order valence-electron chi connectivity index (χ2n) is 10.4. The maximum Gasteiger partial charge on any atom is 0.253 e. The Bertz CT molecular complexity index is 1110. The summed E-state index contributed by atoms with van der Waals surface area (Å²) < 4.78 is 7.87. The molecular weight excluding hydrogens is 470 g/mol. The van der Waals surface area contributed by atoms with Gasteiger partial charge in [0.15, 0.2) is 0 Å². The maximum absolute atomic E-state index is 12.4. The number of benzene rings is 2. The predicted molar refractivity (Wildman–Crippen MR) is 163 cm³/mol. The third-order valence-corrected chi connectivity index (χ3v) is 6.87. The Balaban J connectivity index is 0.000000773. The maximum atomic E-state index is 12.4. The summed E-state index contributed by atoms with van der Waals surface area (Å²) >= 11 is 0. The molecule has 5 heteroatoms. The number of para-hydroxylation sites is 2. The molecule has 3 aromatic rings. The molecule has 38 heavy (non-hydrogen) atoms. The highest BCUT2D eigenvalue weighted by Gasteiger charge is 2.23. The SMILES string of the molecule is CC.CC(C)C.CCc1cccc2c(C(=O)NC)cn(CCCN3CCC(c4ccccc4OC)CC3)c12. The third kappa shape index (κ3) is 8.36. The summed E-state index contributed by atoms with van der Waals surface area (Å²) in [5.41, 5.74) is 4.64. The van der Waals surface area contributed by atoms with Gasteiger partial charge < -0.3 is 19.5 Å². The van der Waals surface area contributed by atoms with E-state index in [1.54, 1.807) is 14.2 Å². The molecule has 2 heterocycles. The lowest BCUT2D eigenvalue weighted by Gasteiger charge is -2.32. The summed E-state index contributed by atoms with van der Waals surface area (Å²) in [6.45, 7) is 16.9. The average molecular weight is 522 g/mol. The van der Waals surface area contributed by atoms with E-state index in [1.165, 1.54) is 29.5 Å². The van der Waals surface area contributed by atoms with E-state index in [9.17, 15) is 4.79 Å². The number of piperidine rings is 1. The van der Waals surface area contributed by atoms with Gasteiger partial charge in [0.1, 0.15) is 5.75 Å². The molecule has 0 atom stereocenters. The first-order chi connectivity index (χ1) is 18.4. The van der Waals surface area contributed by atoms with E-state index in [0.717, 1.165) is 61.6 Å². The number of fused-ring (bicyclic) bond motifs is 1. The van der Waals surface area contributed by atoms with E-state index in [0.29, 0.717) is 5.92 Å².